The number of aromatic amines is 1. The van der Waals surface area contributed by atoms with Gasteiger partial charge in [-0.15, -0.1) is 0 Å². The summed E-state index contributed by atoms with van der Waals surface area (Å²) >= 11 is 3.73. The van der Waals surface area contributed by atoms with Gasteiger partial charge < -0.3 is 10.3 Å². The quantitative estimate of drug-likeness (QED) is 0.865. The zero-order valence-electron chi connectivity index (χ0n) is 10.9. The predicted molar refractivity (Wildman–Crippen MR) is 79.9 cm³/mol. The Labute approximate surface area is 116 Å². The van der Waals surface area contributed by atoms with Crippen LogP contribution in [0.5, 0.6) is 0 Å². The Morgan fingerprint density at radius 3 is 2.83 bits per heavy atom. The van der Waals surface area contributed by atoms with Crippen molar-refractivity contribution in [2.45, 2.75) is 45.2 Å². The molecule has 1 aliphatic rings. The molecule has 1 aromatic carbocycles. The fourth-order valence-electron chi connectivity index (χ4n) is 2.25. The molecule has 0 radical (unpaired) electrons. The van der Waals surface area contributed by atoms with E-state index in [1.165, 1.54) is 39.5 Å². The highest BCUT2D eigenvalue weighted by Gasteiger charge is 2.21. The second-order valence-electron chi connectivity index (χ2n) is 5.53. The predicted octanol–water partition coefficient (Wildman–Crippen LogP) is 4.31. The lowest BCUT2D eigenvalue weighted by Gasteiger charge is -2.04. The molecule has 0 atom stereocenters. The minimum absolute atomic E-state index is 0.573. The van der Waals surface area contributed by atoms with Gasteiger partial charge in [-0.1, -0.05) is 19.9 Å². The summed E-state index contributed by atoms with van der Waals surface area (Å²) in [5, 5.41) is 4.85. The Kier molecular flexibility index (Phi) is 3.20. The number of fused-ring (bicyclic) bond motifs is 1. The smallest absolute Gasteiger partial charge is 0.0474 e. The average Bonchev–Trinajstić information content (AvgIpc) is 3.12. The lowest BCUT2D eigenvalue weighted by molar-refractivity contribution is 0.676. The van der Waals surface area contributed by atoms with Gasteiger partial charge in [-0.2, -0.15) is 0 Å². The van der Waals surface area contributed by atoms with Crippen LogP contribution in [0.15, 0.2) is 22.7 Å². The van der Waals surface area contributed by atoms with Gasteiger partial charge in [0, 0.05) is 33.7 Å². The zero-order valence-corrected chi connectivity index (χ0v) is 12.5. The molecule has 2 aromatic rings. The molecule has 3 heteroatoms. The summed E-state index contributed by atoms with van der Waals surface area (Å²) < 4.78 is 1.22. The van der Waals surface area contributed by atoms with Crippen LogP contribution in [-0.2, 0) is 6.54 Å². The topological polar surface area (TPSA) is 27.8 Å². The van der Waals surface area contributed by atoms with Gasteiger partial charge in [-0.25, -0.2) is 0 Å². The maximum absolute atomic E-state index is 3.73. The Balaban J connectivity index is 1.93. The first kappa shape index (κ1) is 12.2. The highest BCUT2D eigenvalue weighted by molar-refractivity contribution is 9.10. The number of halogens is 1. The Morgan fingerprint density at radius 1 is 1.39 bits per heavy atom. The lowest BCUT2D eigenvalue weighted by Crippen LogP contribution is -2.15. The normalized spacial score (nSPS) is 15.8. The highest BCUT2D eigenvalue weighted by atomic mass is 79.9. The van der Waals surface area contributed by atoms with Crippen LogP contribution in [0.1, 0.15) is 43.9 Å². The van der Waals surface area contributed by atoms with Gasteiger partial charge >= 0.3 is 0 Å². The van der Waals surface area contributed by atoms with Crippen LogP contribution in [-0.4, -0.2) is 11.0 Å². The van der Waals surface area contributed by atoms with Gasteiger partial charge in [-0.3, -0.25) is 0 Å². The number of aromatic nitrogens is 1. The number of H-pyrrole nitrogens is 1. The van der Waals surface area contributed by atoms with Crippen LogP contribution < -0.4 is 5.32 Å². The first-order chi connectivity index (χ1) is 8.65. The number of hydrogen-bond acceptors (Lipinski definition) is 1. The van der Waals surface area contributed by atoms with E-state index < -0.39 is 0 Å². The van der Waals surface area contributed by atoms with E-state index in [1.54, 1.807) is 0 Å². The van der Waals surface area contributed by atoms with Crippen molar-refractivity contribution in [1.82, 2.24) is 10.3 Å². The molecule has 1 fully saturated rings. The third-order valence-electron chi connectivity index (χ3n) is 3.64. The van der Waals surface area contributed by atoms with E-state index in [0.29, 0.717) is 5.92 Å². The monoisotopic (exact) mass is 306 g/mol. The Hall–Kier alpha value is -0.800. The molecule has 0 aliphatic heterocycles. The van der Waals surface area contributed by atoms with Crippen molar-refractivity contribution in [2.75, 3.05) is 0 Å². The van der Waals surface area contributed by atoms with Gasteiger partial charge in [0.05, 0.1) is 0 Å². The summed E-state index contributed by atoms with van der Waals surface area (Å²) in [4.78, 5) is 3.50. The average molecular weight is 307 g/mol. The van der Waals surface area contributed by atoms with Crippen molar-refractivity contribution in [3.05, 3.63) is 33.9 Å². The van der Waals surface area contributed by atoms with Crippen molar-refractivity contribution in [1.29, 1.82) is 0 Å². The molecule has 0 bridgehead atoms. The molecule has 0 saturated heterocycles. The second kappa shape index (κ2) is 4.71. The molecular weight excluding hydrogens is 288 g/mol. The summed E-state index contributed by atoms with van der Waals surface area (Å²) in [6, 6.07) is 7.44. The molecule has 96 valence electrons. The first-order valence-electron chi connectivity index (χ1n) is 6.68. The Bertz CT molecular complexity index is 567. The molecule has 1 aromatic heterocycles. The summed E-state index contributed by atoms with van der Waals surface area (Å²) in [6.07, 6.45) is 2.66. The van der Waals surface area contributed by atoms with Gasteiger partial charge in [-0.05, 0) is 52.4 Å². The van der Waals surface area contributed by atoms with Crippen LogP contribution in [0.2, 0.25) is 0 Å². The Morgan fingerprint density at radius 2 is 2.17 bits per heavy atom. The minimum atomic E-state index is 0.573. The molecule has 1 heterocycles. The molecule has 2 nitrogen and oxygen atoms in total. The fraction of sp³-hybridized carbons (Fsp3) is 0.467. The van der Waals surface area contributed by atoms with Crippen molar-refractivity contribution in [2.24, 2.45) is 0 Å². The van der Waals surface area contributed by atoms with E-state index in [-0.39, 0.29) is 0 Å². The third-order valence-corrected chi connectivity index (χ3v) is 4.55. The SMILES string of the molecule is CC(C)c1ccc2[nH]c(CNC3CC3)c(Br)c2c1. The van der Waals surface area contributed by atoms with Crippen LogP contribution in [0.25, 0.3) is 10.9 Å². The first-order valence-corrected chi connectivity index (χ1v) is 7.48. The van der Waals surface area contributed by atoms with E-state index in [2.05, 4.69) is 58.3 Å². The molecule has 18 heavy (non-hydrogen) atoms. The van der Waals surface area contributed by atoms with Gasteiger partial charge in [0.25, 0.3) is 0 Å². The molecule has 2 N–H and O–H groups in total. The molecule has 0 amide bonds. The largest absolute Gasteiger partial charge is 0.356 e. The van der Waals surface area contributed by atoms with E-state index in [1.807, 2.05) is 0 Å². The van der Waals surface area contributed by atoms with Gasteiger partial charge in [0.1, 0.15) is 0 Å². The van der Waals surface area contributed by atoms with Crippen LogP contribution in [0, 0.1) is 0 Å². The molecule has 1 saturated carbocycles. The zero-order chi connectivity index (χ0) is 12.7. The van der Waals surface area contributed by atoms with Crippen molar-refractivity contribution in [3.63, 3.8) is 0 Å². The summed E-state index contributed by atoms with van der Waals surface area (Å²) in [5.41, 5.74) is 3.88. The summed E-state index contributed by atoms with van der Waals surface area (Å²) in [7, 11) is 0. The molecule has 0 unspecified atom stereocenters. The standard InChI is InChI=1S/C15H19BrN2/c1-9(2)10-3-6-13-12(7-10)15(16)14(18-13)8-17-11-4-5-11/h3,6-7,9,11,17-18H,4-5,8H2,1-2H3. The molecular formula is C15H19BrN2. The van der Waals surface area contributed by atoms with E-state index in [4.69, 9.17) is 0 Å². The van der Waals surface area contributed by atoms with Gasteiger partial charge in [0.2, 0.25) is 0 Å². The van der Waals surface area contributed by atoms with Crippen LogP contribution in [0.4, 0.5) is 0 Å². The number of benzene rings is 1. The van der Waals surface area contributed by atoms with E-state index in [0.717, 1.165) is 12.6 Å². The number of rotatable bonds is 4. The van der Waals surface area contributed by atoms with E-state index >= 15 is 0 Å². The maximum Gasteiger partial charge on any atom is 0.0474 e. The van der Waals surface area contributed by atoms with Crippen molar-refractivity contribution >= 4 is 26.8 Å². The molecule has 0 spiro atoms. The van der Waals surface area contributed by atoms with Crippen LogP contribution >= 0.6 is 15.9 Å². The summed E-state index contributed by atoms with van der Waals surface area (Å²) in [5.74, 6) is 0.573. The molecule has 1 aliphatic carbocycles. The van der Waals surface area contributed by atoms with Gasteiger partial charge in [0.15, 0.2) is 0 Å². The number of hydrogen-bond donors (Lipinski definition) is 2. The van der Waals surface area contributed by atoms with Crippen molar-refractivity contribution in [3.8, 4) is 0 Å². The fourth-order valence-corrected chi connectivity index (χ4v) is 2.81. The third kappa shape index (κ3) is 2.34. The minimum Gasteiger partial charge on any atom is -0.356 e. The second-order valence-corrected chi connectivity index (χ2v) is 6.33. The summed E-state index contributed by atoms with van der Waals surface area (Å²) in [6.45, 7) is 5.39. The van der Waals surface area contributed by atoms with E-state index in [9.17, 15) is 0 Å². The van der Waals surface area contributed by atoms with Crippen LogP contribution in [0.3, 0.4) is 0 Å². The maximum atomic E-state index is 3.73. The molecule has 3 rings (SSSR count). The highest BCUT2D eigenvalue weighted by Crippen LogP contribution is 2.31. The lowest BCUT2D eigenvalue weighted by atomic mass is 10.0. The van der Waals surface area contributed by atoms with Crippen molar-refractivity contribution < 1.29 is 0 Å². The number of nitrogens with one attached hydrogen (secondary N) is 2.